The van der Waals surface area contributed by atoms with Crippen molar-refractivity contribution in [2.45, 2.75) is 4.90 Å². The number of aromatic nitrogens is 1. The highest BCUT2D eigenvalue weighted by molar-refractivity contribution is 9.10. The molecule has 1 rings (SSSR count). The van der Waals surface area contributed by atoms with Crippen molar-refractivity contribution in [1.29, 1.82) is 0 Å². The highest BCUT2D eigenvalue weighted by atomic mass is 79.9. The Hall–Kier alpha value is -0.250. The van der Waals surface area contributed by atoms with Gasteiger partial charge in [-0.15, -0.1) is 0 Å². The summed E-state index contributed by atoms with van der Waals surface area (Å²) in [6, 6.07) is 1.33. The Morgan fingerprint density at radius 1 is 1.53 bits per heavy atom. The normalized spacial score (nSPS) is 11.7. The van der Waals surface area contributed by atoms with Gasteiger partial charge in [0.05, 0.1) is 13.2 Å². The van der Waals surface area contributed by atoms with Crippen molar-refractivity contribution in [3.05, 3.63) is 21.9 Å². The van der Waals surface area contributed by atoms with E-state index in [4.69, 9.17) is 21.2 Å². The summed E-state index contributed by atoms with van der Waals surface area (Å²) in [6.07, 6.45) is 1.40. The minimum atomic E-state index is -3.85. The summed E-state index contributed by atoms with van der Waals surface area (Å²) in [5.41, 5.74) is 0. The van der Waals surface area contributed by atoms with Crippen molar-refractivity contribution in [2.75, 3.05) is 20.3 Å². The van der Waals surface area contributed by atoms with Crippen molar-refractivity contribution in [3.8, 4) is 0 Å². The maximum atomic E-state index is 11.7. The molecule has 6 nitrogen and oxygen atoms in total. The van der Waals surface area contributed by atoms with Crippen molar-refractivity contribution in [3.63, 3.8) is 0 Å². The Morgan fingerprint density at radius 2 is 2.24 bits per heavy atom. The van der Waals surface area contributed by atoms with Gasteiger partial charge < -0.3 is 4.74 Å². The molecule has 1 heterocycles. The molecule has 0 radical (unpaired) electrons. The quantitative estimate of drug-likeness (QED) is 0.478. The molecule has 0 saturated heterocycles. The van der Waals surface area contributed by atoms with Gasteiger partial charge in [0.25, 0.3) is 10.0 Å². The topological polar surface area (TPSA) is 77.5 Å². The fourth-order valence-corrected chi connectivity index (χ4v) is 2.66. The summed E-state index contributed by atoms with van der Waals surface area (Å²) < 4.78 is 28.7. The molecule has 9 heteroatoms. The van der Waals surface area contributed by atoms with E-state index in [1.807, 2.05) is 4.89 Å². The van der Waals surface area contributed by atoms with Crippen LogP contribution in [0.5, 0.6) is 0 Å². The first kappa shape index (κ1) is 14.8. The lowest BCUT2D eigenvalue weighted by Gasteiger charge is -2.08. The molecule has 0 aliphatic heterocycles. The molecule has 1 aromatic heterocycles. The lowest BCUT2D eigenvalue weighted by atomic mass is 10.5. The zero-order valence-corrected chi connectivity index (χ0v) is 12.0. The molecule has 1 N–H and O–H groups in total. The number of sulfonamides is 1. The first-order chi connectivity index (χ1) is 7.97. The molecule has 0 aliphatic rings. The minimum absolute atomic E-state index is 0.0920. The molecule has 0 fully saturated rings. The number of methoxy groups -OCH3 is 1. The van der Waals surface area contributed by atoms with Crippen LogP contribution in [-0.4, -0.2) is 33.7 Å². The molecular formula is C8H10BrClN2O4S. The van der Waals surface area contributed by atoms with E-state index < -0.39 is 10.0 Å². The van der Waals surface area contributed by atoms with Gasteiger partial charge in [0.1, 0.15) is 10.0 Å². The van der Waals surface area contributed by atoms with Gasteiger partial charge in [-0.1, -0.05) is 16.5 Å². The van der Waals surface area contributed by atoms with Crippen molar-refractivity contribution in [2.24, 2.45) is 0 Å². The Balaban J connectivity index is 2.79. The van der Waals surface area contributed by atoms with Crippen LogP contribution < -0.4 is 4.89 Å². The van der Waals surface area contributed by atoms with Gasteiger partial charge in [-0.05, 0) is 22.0 Å². The molecule has 0 amide bonds. The van der Waals surface area contributed by atoms with Crippen molar-refractivity contribution < 1.29 is 18.0 Å². The first-order valence-corrected chi connectivity index (χ1v) is 7.06. The molecule has 96 valence electrons. The van der Waals surface area contributed by atoms with Gasteiger partial charge in [0.2, 0.25) is 0 Å². The van der Waals surface area contributed by atoms with E-state index in [0.717, 1.165) is 0 Å². The molecule has 0 aromatic carbocycles. The third kappa shape index (κ3) is 4.49. The van der Waals surface area contributed by atoms with E-state index in [2.05, 4.69) is 20.9 Å². The molecule has 0 saturated carbocycles. The number of hydrogen-bond donors (Lipinski definition) is 1. The van der Waals surface area contributed by atoms with Gasteiger partial charge in [0, 0.05) is 17.8 Å². The summed E-state index contributed by atoms with van der Waals surface area (Å²) >= 11 is 8.80. The lowest BCUT2D eigenvalue weighted by Crippen LogP contribution is -2.26. The van der Waals surface area contributed by atoms with Crippen molar-refractivity contribution in [1.82, 2.24) is 9.87 Å². The Kier molecular flexibility index (Phi) is 5.77. The van der Waals surface area contributed by atoms with Crippen LogP contribution in [0.15, 0.2) is 21.6 Å². The highest BCUT2D eigenvalue weighted by Gasteiger charge is 2.19. The van der Waals surface area contributed by atoms with Gasteiger partial charge >= 0.3 is 0 Å². The van der Waals surface area contributed by atoms with Gasteiger partial charge in [0.15, 0.2) is 0 Å². The van der Waals surface area contributed by atoms with E-state index in [9.17, 15) is 8.42 Å². The van der Waals surface area contributed by atoms with Gasteiger partial charge in [-0.25, -0.2) is 13.4 Å². The molecular weight excluding hydrogens is 336 g/mol. The van der Waals surface area contributed by atoms with Crippen LogP contribution in [0, 0.1) is 0 Å². The average Bonchev–Trinajstić information content (AvgIpc) is 2.28. The van der Waals surface area contributed by atoms with Crippen LogP contribution >= 0.6 is 27.5 Å². The predicted octanol–water partition coefficient (Wildman–Crippen LogP) is 1.35. The molecule has 0 spiro atoms. The molecule has 0 unspecified atom stereocenters. The van der Waals surface area contributed by atoms with E-state index in [0.29, 0.717) is 4.47 Å². The molecule has 1 aromatic rings. The zero-order chi connectivity index (χ0) is 12.9. The number of halogens is 2. The maximum absolute atomic E-state index is 11.7. The second kappa shape index (κ2) is 6.62. The monoisotopic (exact) mass is 344 g/mol. The lowest BCUT2D eigenvalue weighted by molar-refractivity contribution is 0.0438. The zero-order valence-electron chi connectivity index (χ0n) is 8.81. The number of rotatable bonds is 6. The minimum Gasteiger partial charge on any atom is -0.382 e. The number of nitrogens with zero attached hydrogens (tertiary/aromatic N) is 1. The second-order valence-electron chi connectivity index (χ2n) is 2.87. The highest BCUT2D eigenvalue weighted by Crippen LogP contribution is 2.22. The third-order valence-corrected chi connectivity index (χ3v) is 3.70. The Bertz CT molecular complexity index is 482. The molecule has 0 aliphatic carbocycles. The predicted molar refractivity (Wildman–Crippen MR) is 65.1 cm³/mol. The van der Waals surface area contributed by atoms with Crippen LogP contribution in [0.4, 0.5) is 0 Å². The first-order valence-electron chi connectivity index (χ1n) is 4.41. The molecule has 0 bridgehead atoms. The largest absolute Gasteiger partial charge is 0.382 e. The van der Waals surface area contributed by atoms with Gasteiger partial charge in [-0.3, -0.25) is 4.84 Å². The summed E-state index contributed by atoms with van der Waals surface area (Å²) in [7, 11) is -2.37. The van der Waals surface area contributed by atoms with E-state index >= 15 is 0 Å². The van der Waals surface area contributed by atoms with Crippen LogP contribution in [0.1, 0.15) is 0 Å². The van der Waals surface area contributed by atoms with Gasteiger partial charge in [-0.2, -0.15) is 0 Å². The van der Waals surface area contributed by atoms with Crippen LogP contribution in [0.25, 0.3) is 0 Å². The standard InChI is InChI=1S/C8H10BrClN2O4S/c1-15-2-3-16-12-17(13,14)7-4-6(9)5-11-8(7)10/h4-5,12H,2-3H2,1H3. The maximum Gasteiger partial charge on any atom is 0.265 e. The summed E-state index contributed by atoms with van der Waals surface area (Å²) in [5.74, 6) is 0. The SMILES string of the molecule is COCCONS(=O)(=O)c1cc(Br)cnc1Cl. The summed E-state index contributed by atoms with van der Waals surface area (Å²) in [4.78, 5) is 10.2. The number of hydrogen-bond acceptors (Lipinski definition) is 5. The van der Waals surface area contributed by atoms with Crippen LogP contribution in [-0.2, 0) is 19.6 Å². The average molecular weight is 346 g/mol. The van der Waals surface area contributed by atoms with E-state index in [-0.39, 0.29) is 23.3 Å². The number of nitrogens with one attached hydrogen (secondary N) is 1. The molecule has 0 atom stereocenters. The van der Waals surface area contributed by atoms with E-state index in [1.165, 1.54) is 19.4 Å². The van der Waals surface area contributed by atoms with Crippen molar-refractivity contribution >= 4 is 37.6 Å². The molecule has 17 heavy (non-hydrogen) atoms. The smallest absolute Gasteiger partial charge is 0.265 e. The third-order valence-electron chi connectivity index (χ3n) is 1.62. The number of pyridine rings is 1. The fraction of sp³-hybridized carbons (Fsp3) is 0.375. The van der Waals surface area contributed by atoms with Crippen LogP contribution in [0.3, 0.4) is 0 Å². The van der Waals surface area contributed by atoms with E-state index in [1.54, 1.807) is 0 Å². The number of ether oxygens (including phenoxy) is 1. The fourth-order valence-electron chi connectivity index (χ4n) is 0.882. The summed E-state index contributed by atoms with van der Waals surface area (Å²) in [6.45, 7) is 0.363. The van der Waals surface area contributed by atoms with Crippen LogP contribution in [0.2, 0.25) is 5.15 Å². The second-order valence-corrected chi connectivity index (χ2v) is 5.76. The Morgan fingerprint density at radius 3 is 2.88 bits per heavy atom. The summed E-state index contributed by atoms with van der Waals surface area (Å²) in [5, 5.41) is -0.129. The Labute approximate surface area is 112 Å².